The van der Waals surface area contributed by atoms with Gasteiger partial charge < -0.3 is 5.32 Å². The average molecular weight is 232 g/mol. The van der Waals surface area contributed by atoms with Crippen LogP contribution in [0, 0.1) is 20.8 Å². The first kappa shape index (κ1) is 11.1. The Kier molecular flexibility index (Phi) is 2.97. The highest BCUT2D eigenvalue weighted by atomic mass is 32.1. The van der Waals surface area contributed by atoms with Gasteiger partial charge in [0.25, 0.3) is 0 Å². The summed E-state index contributed by atoms with van der Waals surface area (Å²) >= 11 is 1.68. The van der Waals surface area contributed by atoms with Crippen molar-refractivity contribution in [2.75, 3.05) is 12.4 Å². The number of aromatic nitrogens is 1. The Morgan fingerprint density at radius 1 is 1.12 bits per heavy atom. The van der Waals surface area contributed by atoms with Gasteiger partial charge in [0, 0.05) is 18.0 Å². The second-order valence-electron chi connectivity index (χ2n) is 3.97. The third-order valence-electron chi connectivity index (χ3n) is 3.05. The molecule has 0 saturated carbocycles. The van der Waals surface area contributed by atoms with E-state index in [1.165, 1.54) is 22.3 Å². The molecule has 0 spiro atoms. The van der Waals surface area contributed by atoms with Gasteiger partial charge in [-0.1, -0.05) is 12.1 Å². The zero-order chi connectivity index (χ0) is 11.7. The zero-order valence-corrected chi connectivity index (χ0v) is 10.9. The minimum atomic E-state index is 0.942. The molecule has 3 heteroatoms. The van der Waals surface area contributed by atoms with Crippen molar-refractivity contribution < 1.29 is 0 Å². The normalized spacial score (nSPS) is 10.5. The van der Waals surface area contributed by atoms with Crippen LogP contribution in [0.15, 0.2) is 17.5 Å². The lowest BCUT2D eigenvalue weighted by Crippen LogP contribution is -1.91. The van der Waals surface area contributed by atoms with Gasteiger partial charge >= 0.3 is 0 Å². The van der Waals surface area contributed by atoms with Gasteiger partial charge in [0.2, 0.25) is 0 Å². The molecule has 0 fully saturated rings. The topological polar surface area (TPSA) is 24.9 Å². The maximum atomic E-state index is 4.54. The quantitative estimate of drug-likeness (QED) is 0.852. The average Bonchev–Trinajstić information content (AvgIpc) is 2.74. The van der Waals surface area contributed by atoms with Crippen molar-refractivity contribution in [3.8, 4) is 10.6 Å². The van der Waals surface area contributed by atoms with E-state index >= 15 is 0 Å². The SMILES string of the molecule is CNc1csc(-c2ccc(C)c(C)c2C)n1. The lowest BCUT2D eigenvalue weighted by Gasteiger charge is -2.08. The smallest absolute Gasteiger partial charge is 0.137 e. The van der Waals surface area contributed by atoms with Crippen molar-refractivity contribution in [1.82, 2.24) is 4.98 Å². The molecule has 0 aliphatic rings. The van der Waals surface area contributed by atoms with Crippen LogP contribution in [0.4, 0.5) is 5.82 Å². The highest BCUT2D eigenvalue weighted by molar-refractivity contribution is 7.13. The Labute approximate surface area is 100 Å². The number of nitrogens with zero attached hydrogens (tertiary/aromatic N) is 1. The Balaban J connectivity index is 2.52. The van der Waals surface area contributed by atoms with Gasteiger partial charge in [-0.3, -0.25) is 0 Å². The fourth-order valence-corrected chi connectivity index (χ4v) is 2.59. The van der Waals surface area contributed by atoms with Gasteiger partial charge in [0.05, 0.1) is 0 Å². The molecular formula is C13H16N2S. The number of aryl methyl sites for hydroxylation is 1. The van der Waals surface area contributed by atoms with E-state index in [2.05, 4.69) is 43.2 Å². The largest absolute Gasteiger partial charge is 0.372 e. The standard InChI is InChI=1S/C13H16N2S/c1-8-5-6-11(10(3)9(8)2)13-15-12(14-4)7-16-13/h5-7,14H,1-4H3. The van der Waals surface area contributed by atoms with Crippen LogP contribution in [0.1, 0.15) is 16.7 Å². The van der Waals surface area contributed by atoms with Crippen LogP contribution in [0.3, 0.4) is 0 Å². The van der Waals surface area contributed by atoms with E-state index in [4.69, 9.17) is 0 Å². The number of anilines is 1. The molecule has 1 heterocycles. The van der Waals surface area contributed by atoms with Crippen LogP contribution < -0.4 is 5.32 Å². The van der Waals surface area contributed by atoms with Crippen LogP contribution >= 0.6 is 11.3 Å². The van der Waals surface area contributed by atoms with E-state index in [-0.39, 0.29) is 0 Å². The van der Waals surface area contributed by atoms with Crippen molar-refractivity contribution >= 4 is 17.2 Å². The van der Waals surface area contributed by atoms with Crippen LogP contribution in [0.2, 0.25) is 0 Å². The highest BCUT2D eigenvalue weighted by Gasteiger charge is 2.09. The maximum absolute atomic E-state index is 4.54. The summed E-state index contributed by atoms with van der Waals surface area (Å²) in [6.07, 6.45) is 0. The van der Waals surface area contributed by atoms with Crippen molar-refractivity contribution in [3.63, 3.8) is 0 Å². The molecule has 0 aliphatic carbocycles. The van der Waals surface area contributed by atoms with Crippen LogP contribution in [0.5, 0.6) is 0 Å². The summed E-state index contributed by atoms with van der Waals surface area (Å²) in [7, 11) is 1.89. The minimum Gasteiger partial charge on any atom is -0.372 e. The van der Waals surface area contributed by atoms with Gasteiger partial charge in [-0.2, -0.15) is 0 Å². The van der Waals surface area contributed by atoms with Crippen LogP contribution in [-0.4, -0.2) is 12.0 Å². The third-order valence-corrected chi connectivity index (χ3v) is 3.92. The second-order valence-corrected chi connectivity index (χ2v) is 4.83. The van der Waals surface area contributed by atoms with Gasteiger partial charge in [-0.25, -0.2) is 4.98 Å². The number of rotatable bonds is 2. The molecule has 0 unspecified atom stereocenters. The van der Waals surface area contributed by atoms with Crippen molar-refractivity contribution in [3.05, 3.63) is 34.2 Å². The molecule has 2 rings (SSSR count). The zero-order valence-electron chi connectivity index (χ0n) is 10.1. The predicted octanol–water partition coefficient (Wildman–Crippen LogP) is 3.78. The van der Waals surface area contributed by atoms with Crippen LogP contribution in [0.25, 0.3) is 10.6 Å². The highest BCUT2D eigenvalue weighted by Crippen LogP contribution is 2.30. The molecule has 0 radical (unpaired) electrons. The van der Waals surface area contributed by atoms with Crippen molar-refractivity contribution in [1.29, 1.82) is 0 Å². The Bertz CT molecular complexity index is 515. The predicted molar refractivity (Wildman–Crippen MR) is 71.3 cm³/mol. The number of hydrogen-bond donors (Lipinski definition) is 1. The van der Waals surface area contributed by atoms with E-state index < -0.39 is 0 Å². The minimum absolute atomic E-state index is 0.942. The molecule has 2 nitrogen and oxygen atoms in total. The van der Waals surface area contributed by atoms with Crippen LogP contribution in [-0.2, 0) is 0 Å². The molecule has 0 saturated heterocycles. The molecule has 0 amide bonds. The van der Waals surface area contributed by atoms with E-state index in [9.17, 15) is 0 Å². The van der Waals surface area contributed by atoms with Gasteiger partial charge in [0.15, 0.2) is 0 Å². The molecule has 0 aliphatic heterocycles. The molecule has 0 atom stereocenters. The number of thiazole rings is 1. The number of benzene rings is 1. The summed E-state index contributed by atoms with van der Waals surface area (Å²) in [4.78, 5) is 4.54. The summed E-state index contributed by atoms with van der Waals surface area (Å²) in [5, 5.41) is 6.20. The van der Waals surface area contributed by atoms with E-state index in [1.54, 1.807) is 11.3 Å². The second kappa shape index (κ2) is 4.26. The summed E-state index contributed by atoms with van der Waals surface area (Å²) in [5.74, 6) is 0.942. The Morgan fingerprint density at radius 2 is 1.88 bits per heavy atom. The third kappa shape index (κ3) is 1.83. The van der Waals surface area contributed by atoms with Crippen molar-refractivity contribution in [2.24, 2.45) is 0 Å². The van der Waals surface area contributed by atoms with Gasteiger partial charge in [0.1, 0.15) is 10.8 Å². The summed E-state index contributed by atoms with van der Waals surface area (Å²) in [6.45, 7) is 6.48. The lowest BCUT2D eigenvalue weighted by molar-refractivity contribution is 1.26. The fourth-order valence-electron chi connectivity index (χ4n) is 1.70. The Morgan fingerprint density at radius 3 is 2.50 bits per heavy atom. The fraction of sp³-hybridized carbons (Fsp3) is 0.308. The molecule has 1 aromatic heterocycles. The molecule has 2 aromatic rings. The van der Waals surface area contributed by atoms with E-state index in [0.29, 0.717) is 0 Å². The summed E-state index contributed by atoms with van der Waals surface area (Å²) < 4.78 is 0. The molecule has 0 bridgehead atoms. The Hall–Kier alpha value is -1.35. The summed E-state index contributed by atoms with van der Waals surface area (Å²) in [5.41, 5.74) is 5.27. The van der Waals surface area contributed by atoms with Gasteiger partial charge in [-0.05, 0) is 37.5 Å². The number of hydrogen-bond acceptors (Lipinski definition) is 3. The first-order valence-corrected chi connectivity index (χ1v) is 6.22. The summed E-state index contributed by atoms with van der Waals surface area (Å²) in [6, 6.07) is 4.33. The molecule has 1 aromatic carbocycles. The van der Waals surface area contributed by atoms with E-state index in [1.807, 2.05) is 12.4 Å². The lowest BCUT2D eigenvalue weighted by atomic mass is 9.99. The van der Waals surface area contributed by atoms with Crippen molar-refractivity contribution in [2.45, 2.75) is 20.8 Å². The number of nitrogens with one attached hydrogen (secondary N) is 1. The molecule has 16 heavy (non-hydrogen) atoms. The first-order valence-electron chi connectivity index (χ1n) is 5.34. The molecule has 1 N–H and O–H groups in total. The maximum Gasteiger partial charge on any atom is 0.137 e. The molecule has 84 valence electrons. The van der Waals surface area contributed by atoms with Gasteiger partial charge in [-0.15, -0.1) is 11.3 Å². The monoisotopic (exact) mass is 232 g/mol. The first-order chi connectivity index (χ1) is 7.63. The van der Waals surface area contributed by atoms with E-state index in [0.717, 1.165) is 10.8 Å². The molecular weight excluding hydrogens is 216 g/mol.